The number of carbonyl (C=O) groups excluding carboxylic acids is 1. The van der Waals surface area contributed by atoms with Crippen LogP contribution in [0.1, 0.15) is 23.2 Å². The summed E-state index contributed by atoms with van der Waals surface area (Å²) in [5.41, 5.74) is 0.116. The van der Waals surface area contributed by atoms with Crippen LogP contribution in [0, 0.1) is 10.1 Å². The SMILES string of the molecule is O=C(NCCCCn1cc([N+](=O)[O-])ccc1=O)c1ccc(Cl)cc1. The number of hydrogen-bond acceptors (Lipinski definition) is 4. The van der Waals surface area contributed by atoms with E-state index < -0.39 is 4.92 Å². The van der Waals surface area contributed by atoms with Crippen LogP contribution in [0.3, 0.4) is 0 Å². The molecule has 0 fully saturated rings. The Morgan fingerprint density at radius 3 is 2.54 bits per heavy atom. The molecule has 0 spiro atoms. The van der Waals surface area contributed by atoms with Gasteiger partial charge in [0.1, 0.15) is 0 Å². The van der Waals surface area contributed by atoms with Crippen molar-refractivity contribution < 1.29 is 9.72 Å². The number of pyridine rings is 1. The zero-order valence-electron chi connectivity index (χ0n) is 12.8. The molecule has 1 heterocycles. The molecule has 2 aromatic rings. The van der Waals surface area contributed by atoms with Crippen LogP contribution in [0.2, 0.25) is 5.02 Å². The first kappa shape index (κ1) is 17.7. The number of amides is 1. The third-order valence-electron chi connectivity index (χ3n) is 3.40. The molecular formula is C16H16ClN3O4. The molecule has 126 valence electrons. The second-order valence-electron chi connectivity index (χ2n) is 5.15. The highest BCUT2D eigenvalue weighted by molar-refractivity contribution is 6.30. The van der Waals surface area contributed by atoms with Crippen LogP contribution in [0.5, 0.6) is 0 Å². The minimum absolute atomic E-state index is 0.120. The Labute approximate surface area is 143 Å². The summed E-state index contributed by atoms with van der Waals surface area (Å²) in [6.07, 6.45) is 2.49. The molecule has 0 bridgehead atoms. The Morgan fingerprint density at radius 2 is 1.88 bits per heavy atom. The van der Waals surface area contributed by atoms with Gasteiger partial charge < -0.3 is 9.88 Å². The van der Waals surface area contributed by atoms with Crippen molar-refractivity contribution in [3.05, 3.63) is 73.6 Å². The van der Waals surface area contributed by atoms with Gasteiger partial charge in [-0.3, -0.25) is 19.7 Å². The lowest BCUT2D eigenvalue weighted by atomic mass is 10.2. The monoisotopic (exact) mass is 349 g/mol. The van der Waals surface area contributed by atoms with Crippen molar-refractivity contribution >= 4 is 23.2 Å². The van der Waals surface area contributed by atoms with Crippen molar-refractivity contribution in [2.45, 2.75) is 19.4 Å². The van der Waals surface area contributed by atoms with E-state index in [4.69, 9.17) is 11.6 Å². The van der Waals surface area contributed by atoms with Crippen LogP contribution >= 0.6 is 11.6 Å². The number of aryl methyl sites for hydroxylation is 1. The molecule has 0 radical (unpaired) electrons. The molecular weight excluding hydrogens is 334 g/mol. The Morgan fingerprint density at radius 1 is 1.17 bits per heavy atom. The van der Waals surface area contributed by atoms with Crippen molar-refractivity contribution in [3.8, 4) is 0 Å². The molecule has 0 aliphatic heterocycles. The summed E-state index contributed by atoms with van der Waals surface area (Å²) in [5.74, 6) is -0.195. The number of nitrogens with zero attached hydrogens (tertiary/aromatic N) is 2. The molecule has 0 aliphatic carbocycles. The second kappa shape index (κ2) is 8.26. The van der Waals surface area contributed by atoms with E-state index in [1.807, 2.05) is 0 Å². The van der Waals surface area contributed by atoms with Gasteiger partial charge in [-0.15, -0.1) is 0 Å². The standard InChI is InChI=1S/C16H16ClN3O4/c17-13-5-3-12(4-6-13)16(22)18-9-1-2-10-19-11-14(20(23)24)7-8-15(19)21/h3-8,11H,1-2,9-10H2,(H,18,22). The van der Waals surface area contributed by atoms with Crippen molar-refractivity contribution in [1.82, 2.24) is 9.88 Å². The number of aromatic nitrogens is 1. The van der Waals surface area contributed by atoms with E-state index in [9.17, 15) is 19.7 Å². The second-order valence-corrected chi connectivity index (χ2v) is 5.58. The molecule has 24 heavy (non-hydrogen) atoms. The Bertz CT molecular complexity index is 787. The quantitative estimate of drug-likeness (QED) is 0.472. The highest BCUT2D eigenvalue weighted by atomic mass is 35.5. The Hall–Kier alpha value is -2.67. The van der Waals surface area contributed by atoms with Gasteiger partial charge >= 0.3 is 0 Å². The molecule has 1 amide bonds. The van der Waals surface area contributed by atoms with Gasteiger partial charge in [0.15, 0.2) is 0 Å². The van der Waals surface area contributed by atoms with Crippen molar-refractivity contribution in [2.75, 3.05) is 6.54 Å². The minimum atomic E-state index is -0.539. The summed E-state index contributed by atoms with van der Waals surface area (Å²) in [5, 5.41) is 14.0. The van der Waals surface area contributed by atoms with Gasteiger partial charge in [-0.2, -0.15) is 0 Å². The number of rotatable bonds is 7. The van der Waals surface area contributed by atoms with Crippen LogP contribution in [0.15, 0.2) is 47.4 Å². The van der Waals surface area contributed by atoms with Gasteiger partial charge in [0, 0.05) is 35.8 Å². The number of halogens is 1. The lowest BCUT2D eigenvalue weighted by Gasteiger charge is -2.07. The smallest absolute Gasteiger partial charge is 0.285 e. The topological polar surface area (TPSA) is 94.2 Å². The first-order chi connectivity index (χ1) is 11.5. The van der Waals surface area contributed by atoms with Gasteiger partial charge in [-0.05, 0) is 37.1 Å². The number of carbonyl (C=O) groups is 1. The Kier molecular flexibility index (Phi) is 6.08. The van der Waals surface area contributed by atoms with E-state index in [1.165, 1.54) is 22.9 Å². The Balaban J connectivity index is 1.78. The molecule has 8 heteroatoms. The zero-order chi connectivity index (χ0) is 17.5. The summed E-state index contributed by atoms with van der Waals surface area (Å²) >= 11 is 5.76. The normalized spacial score (nSPS) is 10.4. The number of unbranched alkanes of at least 4 members (excludes halogenated alkanes) is 1. The molecule has 0 saturated heterocycles. The van der Waals surface area contributed by atoms with Crippen LogP contribution < -0.4 is 10.9 Å². The van der Waals surface area contributed by atoms with Crippen molar-refractivity contribution in [3.63, 3.8) is 0 Å². The van der Waals surface area contributed by atoms with Crippen LogP contribution in [0.4, 0.5) is 5.69 Å². The first-order valence-corrected chi connectivity index (χ1v) is 7.74. The van der Waals surface area contributed by atoms with E-state index >= 15 is 0 Å². The zero-order valence-corrected chi connectivity index (χ0v) is 13.5. The predicted molar refractivity (Wildman–Crippen MR) is 90.4 cm³/mol. The molecule has 2 rings (SSSR count). The van der Waals surface area contributed by atoms with Crippen molar-refractivity contribution in [2.24, 2.45) is 0 Å². The molecule has 0 atom stereocenters. The largest absolute Gasteiger partial charge is 0.352 e. The average molecular weight is 350 g/mol. The molecule has 1 aromatic heterocycles. The maximum absolute atomic E-state index is 11.9. The number of nitrogens with one attached hydrogen (secondary N) is 1. The fraction of sp³-hybridized carbons (Fsp3) is 0.250. The van der Waals surface area contributed by atoms with Crippen LogP contribution in [0.25, 0.3) is 0 Å². The highest BCUT2D eigenvalue weighted by Crippen LogP contribution is 2.09. The van der Waals surface area contributed by atoms with E-state index in [0.717, 1.165) is 0 Å². The summed E-state index contributed by atoms with van der Waals surface area (Å²) in [4.78, 5) is 33.7. The lowest BCUT2D eigenvalue weighted by molar-refractivity contribution is -0.385. The van der Waals surface area contributed by atoms with E-state index in [0.29, 0.717) is 36.5 Å². The van der Waals surface area contributed by atoms with Crippen LogP contribution in [-0.4, -0.2) is 21.9 Å². The number of nitro groups is 1. The van der Waals surface area contributed by atoms with Crippen LogP contribution in [-0.2, 0) is 6.54 Å². The third-order valence-corrected chi connectivity index (χ3v) is 3.65. The fourth-order valence-electron chi connectivity index (χ4n) is 2.11. The van der Waals surface area contributed by atoms with Crippen molar-refractivity contribution in [1.29, 1.82) is 0 Å². The minimum Gasteiger partial charge on any atom is -0.352 e. The first-order valence-electron chi connectivity index (χ1n) is 7.36. The van der Waals surface area contributed by atoms with Gasteiger partial charge in [-0.25, -0.2) is 0 Å². The molecule has 0 unspecified atom stereocenters. The van der Waals surface area contributed by atoms with Gasteiger partial charge in [0.2, 0.25) is 0 Å². The summed E-state index contributed by atoms with van der Waals surface area (Å²) in [7, 11) is 0. The fourth-order valence-corrected chi connectivity index (χ4v) is 2.24. The molecule has 0 saturated carbocycles. The predicted octanol–water partition coefficient (Wildman–Crippen LogP) is 2.62. The maximum atomic E-state index is 11.9. The van der Waals surface area contributed by atoms with Gasteiger partial charge in [-0.1, -0.05) is 11.6 Å². The van der Waals surface area contributed by atoms with Gasteiger partial charge in [0.05, 0.1) is 11.1 Å². The lowest BCUT2D eigenvalue weighted by Crippen LogP contribution is -2.25. The summed E-state index contributed by atoms with van der Waals surface area (Å²) in [6, 6.07) is 8.93. The van der Waals surface area contributed by atoms with Gasteiger partial charge in [0.25, 0.3) is 17.2 Å². The summed E-state index contributed by atoms with van der Waals surface area (Å²) < 4.78 is 1.30. The highest BCUT2D eigenvalue weighted by Gasteiger charge is 2.08. The summed E-state index contributed by atoms with van der Waals surface area (Å²) in [6.45, 7) is 0.808. The molecule has 1 aromatic carbocycles. The number of hydrogen-bond donors (Lipinski definition) is 1. The third kappa shape index (κ3) is 4.92. The van der Waals surface area contributed by atoms with E-state index in [-0.39, 0.29) is 17.2 Å². The molecule has 7 nitrogen and oxygen atoms in total. The van der Waals surface area contributed by atoms with E-state index in [1.54, 1.807) is 24.3 Å². The maximum Gasteiger partial charge on any atom is 0.285 e. The average Bonchev–Trinajstić information content (AvgIpc) is 2.56. The molecule has 0 aliphatic rings. The van der Waals surface area contributed by atoms with E-state index in [2.05, 4.69) is 5.32 Å². The molecule has 1 N–H and O–H groups in total. The number of benzene rings is 1.